The zero-order valence-corrected chi connectivity index (χ0v) is 11.7. The molecule has 0 spiro atoms. The van der Waals surface area contributed by atoms with Gasteiger partial charge in [0.05, 0.1) is 11.3 Å². The molecule has 1 aromatic carbocycles. The van der Waals surface area contributed by atoms with E-state index in [4.69, 9.17) is 16.9 Å². The molecule has 0 aromatic heterocycles. The zero-order valence-electron chi connectivity index (χ0n) is 10.9. The second kappa shape index (κ2) is 5.63. The minimum absolute atomic E-state index is 0.453. The molecule has 2 unspecified atom stereocenters. The lowest BCUT2D eigenvalue weighted by Gasteiger charge is -2.32. The number of benzene rings is 1. The Kier molecular flexibility index (Phi) is 4.14. The Balaban J connectivity index is 2.13. The Bertz CT molecular complexity index is 454. The van der Waals surface area contributed by atoms with Crippen molar-refractivity contribution in [2.45, 2.75) is 39.2 Å². The Labute approximate surface area is 114 Å². The van der Waals surface area contributed by atoms with Gasteiger partial charge >= 0.3 is 0 Å². The van der Waals surface area contributed by atoms with Crippen LogP contribution in [0.5, 0.6) is 0 Å². The van der Waals surface area contributed by atoms with Crippen molar-refractivity contribution in [1.82, 2.24) is 0 Å². The first kappa shape index (κ1) is 13.2. The molecule has 1 N–H and O–H groups in total. The number of halogens is 1. The quantitative estimate of drug-likeness (QED) is 0.855. The van der Waals surface area contributed by atoms with Gasteiger partial charge < -0.3 is 5.32 Å². The second-order valence-corrected chi connectivity index (χ2v) is 6.00. The Morgan fingerprint density at radius 2 is 1.89 bits per heavy atom. The molecular formula is C15H19ClN2. The van der Waals surface area contributed by atoms with Crippen molar-refractivity contribution in [3.05, 3.63) is 28.8 Å². The van der Waals surface area contributed by atoms with E-state index >= 15 is 0 Å². The van der Waals surface area contributed by atoms with E-state index in [2.05, 4.69) is 25.2 Å². The first-order valence-electron chi connectivity index (χ1n) is 6.54. The molecule has 1 aromatic rings. The summed E-state index contributed by atoms with van der Waals surface area (Å²) in [4.78, 5) is 0. The number of nitriles is 1. The van der Waals surface area contributed by atoms with Gasteiger partial charge in [-0.3, -0.25) is 0 Å². The lowest BCUT2D eigenvalue weighted by Crippen LogP contribution is -2.30. The Hall–Kier alpha value is -1.20. The third kappa shape index (κ3) is 3.17. The van der Waals surface area contributed by atoms with Gasteiger partial charge in [0, 0.05) is 11.1 Å². The molecule has 0 amide bonds. The van der Waals surface area contributed by atoms with Crippen molar-refractivity contribution in [2.75, 3.05) is 5.32 Å². The highest BCUT2D eigenvalue weighted by Gasteiger charge is 2.24. The molecule has 3 heteroatoms. The lowest BCUT2D eigenvalue weighted by atomic mass is 9.80. The summed E-state index contributed by atoms with van der Waals surface area (Å²) < 4.78 is 0. The standard InChI is InChI=1S/C15H19ClN2/c1-10-5-11(2)7-14(6-10)18-15-8-13(16)4-3-12(15)9-17/h3-4,8,10-11,14,18H,5-7H2,1-2H3. The average Bonchev–Trinajstić information content (AvgIpc) is 2.27. The van der Waals surface area contributed by atoms with Crippen LogP contribution in [0, 0.1) is 23.2 Å². The molecule has 0 aliphatic heterocycles. The predicted octanol–water partition coefficient (Wildman–Crippen LogP) is 4.45. The monoisotopic (exact) mass is 262 g/mol. The molecule has 0 heterocycles. The van der Waals surface area contributed by atoms with E-state index in [1.807, 2.05) is 6.07 Å². The van der Waals surface area contributed by atoms with Crippen LogP contribution < -0.4 is 5.32 Å². The highest BCUT2D eigenvalue weighted by Crippen LogP contribution is 2.31. The van der Waals surface area contributed by atoms with E-state index in [0.717, 1.165) is 17.5 Å². The molecule has 18 heavy (non-hydrogen) atoms. The van der Waals surface area contributed by atoms with E-state index in [1.165, 1.54) is 19.3 Å². The summed E-state index contributed by atoms with van der Waals surface area (Å²) in [7, 11) is 0. The number of rotatable bonds is 2. The molecular weight excluding hydrogens is 244 g/mol. The summed E-state index contributed by atoms with van der Waals surface area (Å²) in [6.07, 6.45) is 3.64. The summed E-state index contributed by atoms with van der Waals surface area (Å²) in [5.74, 6) is 1.49. The molecule has 96 valence electrons. The molecule has 1 aliphatic rings. The van der Waals surface area contributed by atoms with Crippen LogP contribution in [-0.4, -0.2) is 6.04 Å². The van der Waals surface area contributed by atoms with Crippen molar-refractivity contribution in [2.24, 2.45) is 11.8 Å². The van der Waals surface area contributed by atoms with Crippen molar-refractivity contribution in [3.8, 4) is 6.07 Å². The third-order valence-corrected chi connectivity index (χ3v) is 3.88. The fraction of sp³-hybridized carbons (Fsp3) is 0.533. The number of nitrogens with one attached hydrogen (secondary N) is 1. The molecule has 2 rings (SSSR count). The van der Waals surface area contributed by atoms with Crippen molar-refractivity contribution >= 4 is 17.3 Å². The maximum absolute atomic E-state index is 9.11. The van der Waals surface area contributed by atoms with Crippen LogP contribution in [0.3, 0.4) is 0 Å². The highest BCUT2D eigenvalue weighted by molar-refractivity contribution is 6.30. The van der Waals surface area contributed by atoms with Gasteiger partial charge in [-0.05, 0) is 49.3 Å². The van der Waals surface area contributed by atoms with Crippen LogP contribution in [0.15, 0.2) is 18.2 Å². The van der Waals surface area contributed by atoms with E-state index in [0.29, 0.717) is 16.6 Å². The van der Waals surface area contributed by atoms with Crippen molar-refractivity contribution in [3.63, 3.8) is 0 Å². The van der Waals surface area contributed by atoms with Crippen LogP contribution in [0.2, 0.25) is 5.02 Å². The largest absolute Gasteiger partial charge is 0.381 e. The number of hydrogen-bond acceptors (Lipinski definition) is 2. The van der Waals surface area contributed by atoms with E-state index in [-0.39, 0.29) is 0 Å². The lowest BCUT2D eigenvalue weighted by molar-refractivity contribution is 0.281. The van der Waals surface area contributed by atoms with Gasteiger partial charge in [0.15, 0.2) is 0 Å². The molecule has 0 saturated heterocycles. The van der Waals surface area contributed by atoms with E-state index in [9.17, 15) is 0 Å². The number of anilines is 1. The summed E-state index contributed by atoms with van der Waals surface area (Å²) in [5.41, 5.74) is 1.54. The molecule has 2 atom stereocenters. The van der Waals surface area contributed by atoms with Crippen molar-refractivity contribution in [1.29, 1.82) is 5.26 Å². The van der Waals surface area contributed by atoms with Gasteiger partial charge in [-0.15, -0.1) is 0 Å². The number of nitrogens with zero attached hydrogens (tertiary/aromatic N) is 1. The first-order chi connectivity index (χ1) is 8.58. The third-order valence-electron chi connectivity index (χ3n) is 3.64. The summed E-state index contributed by atoms with van der Waals surface area (Å²) in [6, 6.07) is 8.06. The normalized spacial score (nSPS) is 27.6. The van der Waals surface area contributed by atoms with E-state index < -0.39 is 0 Å². The van der Waals surface area contributed by atoms with Gasteiger partial charge in [0.1, 0.15) is 6.07 Å². The fourth-order valence-electron chi connectivity index (χ4n) is 3.02. The first-order valence-corrected chi connectivity index (χ1v) is 6.92. The topological polar surface area (TPSA) is 35.8 Å². The summed E-state index contributed by atoms with van der Waals surface area (Å²) in [5, 5.41) is 13.3. The van der Waals surface area contributed by atoms with Crippen molar-refractivity contribution < 1.29 is 0 Å². The molecule has 0 bridgehead atoms. The SMILES string of the molecule is CC1CC(C)CC(Nc2cc(Cl)ccc2C#N)C1. The second-order valence-electron chi connectivity index (χ2n) is 5.56. The minimum atomic E-state index is 0.453. The molecule has 1 fully saturated rings. The van der Waals surface area contributed by atoms with Crippen LogP contribution in [0.4, 0.5) is 5.69 Å². The highest BCUT2D eigenvalue weighted by atomic mass is 35.5. The number of hydrogen-bond donors (Lipinski definition) is 1. The maximum Gasteiger partial charge on any atom is 0.101 e. The molecule has 0 radical (unpaired) electrons. The maximum atomic E-state index is 9.11. The van der Waals surface area contributed by atoms with Crippen LogP contribution >= 0.6 is 11.6 Å². The van der Waals surface area contributed by atoms with Gasteiger partial charge in [-0.2, -0.15) is 5.26 Å². The molecule has 1 saturated carbocycles. The van der Waals surface area contributed by atoms with Gasteiger partial charge in [0.2, 0.25) is 0 Å². The molecule has 1 aliphatic carbocycles. The fourth-order valence-corrected chi connectivity index (χ4v) is 3.19. The smallest absolute Gasteiger partial charge is 0.101 e. The zero-order chi connectivity index (χ0) is 13.1. The summed E-state index contributed by atoms with van der Waals surface area (Å²) in [6.45, 7) is 4.60. The minimum Gasteiger partial charge on any atom is -0.381 e. The Morgan fingerprint density at radius 1 is 1.22 bits per heavy atom. The van der Waals surface area contributed by atoms with Gasteiger partial charge in [-0.25, -0.2) is 0 Å². The van der Waals surface area contributed by atoms with Gasteiger partial charge in [0.25, 0.3) is 0 Å². The van der Waals surface area contributed by atoms with E-state index in [1.54, 1.807) is 12.1 Å². The Morgan fingerprint density at radius 3 is 2.50 bits per heavy atom. The molecule has 2 nitrogen and oxygen atoms in total. The summed E-state index contributed by atoms with van der Waals surface area (Å²) >= 11 is 6.00. The van der Waals surface area contributed by atoms with Crippen LogP contribution in [0.1, 0.15) is 38.7 Å². The average molecular weight is 263 g/mol. The van der Waals surface area contributed by atoms with Crippen LogP contribution in [0.25, 0.3) is 0 Å². The van der Waals surface area contributed by atoms with Crippen LogP contribution in [-0.2, 0) is 0 Å². The van der Waals surface area contributed by atoms with Gasteiger partial charge in [-0.1, -0.05) is 25.4 Å². The predicted molar refractivity (Wildman–Crippen MR) is 75.8 cm³/mol.